The molecule has 0 rings (SSSR count). The van der Waals surface area contributed by atoms with Gasteiger partial charge in [0.05, 0.1) is 23.5 Å². The molecule has 5 heteroatoms. The first-order valence-corrected chi connectivity index (χ1v) is 10.2. The first kappa shape index (κ1) is 20.2. The second-order valence-corrected chi connectivity index (χ2v) is 8.42. The van der Waals surface area contributed by atoms with Crippen molar-refractivity contribution in [3.05, 3.63) is 0 Å². The molecule has 0 aliphatic carbocycles. The fraction of sp³-hybridized carbons (Fsp3) is 1.00. The van der Waals surface area contributed by atoms with Gasteiger partial charge in [-0.1, -0.05) is 64.7 Å². The molecule has 0 fully saturated rings. The minimum atomic E-state index is -3.09. The lowest BCUT2D eigenvalue weighted by Gasteiger charge is -2.07. The van der Waals surface area contributed by atoms with Crippen molar-refractivity contribution < 1.29 is 13.5 Å². The number of halogens is 1. The van der Waals surface area contributed by atoms with Gasteiger partial charge in [-0.2, -0.15) is 0 Å². The average molecular weight is 327 g/mol. The number of hydrogen-bond acceptors (Lipinski definition) is 3. The Morgan fingerprint density at radius 3 is 1.80 bits per heavy atom. The van der Waals surface area contributed by atoms with E-state index >= 15 is 0 Å². The molecule has 3 nitrogen and oxygen atoms in total. The third-order valence-electron chi connectivity index (χ3n) is 3.44. The van der Waals surface area contributed by atoms with E-state index in [1.807, 2.05) is 0 Å². The molecule has 0 unspecified atom stereocenters. The summed E-state index contributed by atoms with van der Waals surface area (Å²) in [5, 5.41) is 8.08. The monoisotopic (exact) mass is 326 g/mol. The van der Waals surface area contributed by atoms with Crippen LogP contribution in [0, 0.1) is 0 Å². The Balaban J connectivity index is 3.39. The highest BCUT2D eigenvalue weighted by atomic mass is 35.5. The Labute approximate surface area is 130 Å². The highest BCUT2D eigenvalue weighted by Crippen LogP contribution is 2.11. The average Bonchev–Trinajstić information content (AvgIpc) is 2.40. The molecule has 1 N–H and O–H groups in total. The molecule has 122 valence electrons. The van der Waals surface area contributed by atoms with Gasteiger partial charge in [0.1, 0.15) is 0 Å². The lowest BCUT2D eigenvalue weighted by molar-refractivity contribution is 0.298. The summed E-state index contributed by atoms with van der Waals surface area (Å²) in [6, 6.07) is 0. The molecule has 0 bridgehead atoms. The van der Waals surface area contributed by atoms with E-state index in [0.29, 0.717) is 6.42 Å². The van der Waals surface area contributed by atoms with E-state index < -0.39 is 15.2 Å². The minimum Gasteiger partial charge on any atom is -0.395 e. The van der Waals surface area contributed by atoms with Gasteiger partial charge in [-0.25, -0.2) is 8.42 Å². The molecule has 0 spiro atoms. The smallest absolute Gasteiger partial charge is 0.151 e. The SMILES string of the molecule is CCCCCCCCCCCCS(=O)(=O)C[C@H](Cl)CO. The van der Waals surface area contributed by atoms with Crippen molar-refractivity contribution in [3.8, 4) is 0 Å². The van der Waals surface area contributed by atoms with E-state index in [1.165, 1.54) is 44.9 Å². The maximum absolute atomic E-state index is 11.6. The van der Waals surface area contributed by atoms with E-state index in [4.69, 9.17) is 16.7 Å². The Bertz CT molecular complexity index is 304. The van der Waals surface area contributed by atoms with Crippen LogP contribution in [0.1, 0.15) is 71.1 Å². The Morgan fingerprint density at radius 1 is 0.900 bits per heavy atom. The van der Waals surface area contributed by atoms with E-state index in [9.17, 15) is 8.42 Å². The molecule has 0 saturated carbocycles. The first-order valence-electron chi connectivity index (χ1n) is 7.97. The largest absolute Gasteiger partial charge is 0.395 e. The molecule has 0 aromatic rings. The zero-order valence-corrected chi connectivity index (χ0v) is 14.4. The van der Waals surface area contributed by atoms with Crippen molar-refractivity contribution in [2.75, 3.05) is 18.1 Å². The molecule has 0 saturated heterocycles. The number of hydrogen-bond donors (Lipinski definition) is 1. The van der Waals surface area contributed by atoms with Gasteiger partial charge in [0.15, 0.2) is 9.84 Å². The van der Waals surface area contributed by atoms with Crippen LogP contribution >= 0.6 is 11.6 Å². The molecule has 0 radical (unpaired) electrons. The summed E-state index contributed by atoms with van der Waals surface area (Å²) in [6.45, 7) is 1.94. The van der Waals surface area contributed by atoms with Crippen molar-refractivity contribution in [3.63, 3.8) is 0 Å². The number of sulfone groups is 1. The summed E-state index contributed by atoms with van der Waals surface area (Å²) in [4.78, 5) is 0. The molecule has 0 heterocycles. The van der Waals surface area contributed by atoms with Crippen LogP contribution in [0.2, 0.25) is 0 Å². The first-order chi connectivity index (χ1) is 9.52. The predicted octanol–water partition coefficient (Wildman–Crippen LogP) is 3.92. The van der Waals surface area contributed by atoms with Gasteiger partial charge in [0, 0.05) is 0 Å². The van der Waals surface area contributed by atoms with Crippen molar-refractivity contribution >= 4 is 21.4 Å². The van der Waals surface area contributed by atoms with Gasteiger partial charge in [-0.05, 0) is 6.42 Å². The summed E-state index contributed by atoms with van der Waals surface area (Å²) in [7, 11) is -3.09. The zero-order valence-electron chi connectivity index (χ0n) is 12.8. The maximum atomic E-state index is 11.6. The van der Waals surface area contributed by atoms with Crippen LogP contribution in [0.15, 0.2) is 0 Å². The Kier molecular flexibility index (Phi) is 13.0. The maximum Gasteiger partial charge on any atom is 0.151 e. The number of rotatable bonds is 14. The Morgan fingerprint density at radius 2 is 1.35 bits per heavy atom. The second-order valence-electron chi connectivity index (χ2n) is 5.58. The fourth-order valence-electron chi connectivity index (χ4n) is 2.22. The van der Waals surface area contributed by atoms with Crippen LogP contribution < -0.4 is 0 Å². The molecule has 0 aliphatic rings. The highest BCUT2D eigenvalue weighted by molar-refractivity contribution is 7.91. The summed E-state index contributed by atoms with van der Waals surface area (Å²) >= 11 is 5.65. The summed E-state index contributed by atoms with van der Waals surface area (Å²) in [5.74, 6) is 0.0925. The van der Waals surface area contributed by atoms with Gasteiger partial charge in [0.25, 0.3) is 0 Å². The van der Waals surface area contributed by atoms with Crippen molar-refractivity contribution in [1.82, 2.24) is 0 Å². The minimum absolute atomic E-state index is 0.109. The molecular formula is C15H31ClO3S. The number of aliphatic hydroxyl groups is 1. The highest BCUT2D eigenvalue weighted by Gasteiger charge is 2.16. The van der Waals surface area contributed by atoms with E-state index in [-0.39, 0.29) is 18.1 Å². The molecule has 0 aliphatic heterocycles. The molecule has 0 aromatic heterocycles. The van der Waals surface area contributed by atoms with Gasteiger partial charge < -0.3 is 5.11 Å². The van der Waals surface area contributed by atoms with Gasteiger partial charge in [-0.15, -0.1) is 11.6 Å². The lowest BCUT2D eigenvalue weighted by atomic mass is 10.1. The number of alkyl halides is 1. The summed E-state index contributed by atoms with van der Waals surface area (Å²) in [6.07, 6.45) is 11.9. The zero-order chi connectivity index (χ0) is 15.3. The number of unbranched alkanes of at least 4 members (excludes halogenated alkanes) is 9. The van der Waals surface area contributed by atoms with Crippen LogP contribution in [-0.4, -0.2) is 37.0 Å². The normalized spacial score (nSPS) is 13.6. The predicted molar refractivity (Wildman–Crippen MR) is 87.2 cm³/mol. The third kappa shape index (κ3) is 13.2. The van der Waals surface area contributed by atoms with Crippen LogP contribution in [0.4, 0.5) is 0 Å². The molecular weight excluding hydrogens is 296 g/mol. The molecule has 1 atom stereocenters. The molecule has 0 amide bonds. The second kappa shape index (κ2) is 12.9. The van der Waals surface area contributed by atoms with Crippen molar-refractivity contribution in [2.45, 2.75) is 76.5 Å². The van der Waals surface area contributed by atoms with E-state index in [0.717, 1.165) is 12.8 Å². The quantitative estimate of drug-likeness (QED) is 0.389. The Hall–Kier alpha value is 0.200. The van der Waals surface area contributed by atoms with E-state index in [2.05, 4.69) is 6.92 Å². The van der Waals surface area contributed by atoms with Gasteiger partial charge in [0.2, 0.25) is 0 Å². The molecule has 20 heavy (non-hydrogen) atoms. The molecule has 0 aromatic carbocycles. The third-order valence-corrected chi connectivity index (χ3v) is 5.74. The van der Waals surface area contributed by atoms with E-state index in [1.54, 1.807) is 0 Å². The fourth-order valence-corrected chi connectivity index (χ4v) is 4.26. The van der Waals surface area contributed by atoms with Crippen LogP contribution in [0.5, 0.6) is 0 Å². The summed E-state index contributed by atoms with van der Waals surface area (Å²) < 4.78 is 23.3. The van der Waals surface area contributed by atoms with Crippen LogP contribution in [-0.2, 0) is 9.84 Å². The van der Waals surface area contributed by atoms with Gasteiger partial charge >= 0.3 is 0 Å². The van der Waals surface area contributed by atoms with Gasteiger partial charge in [-0.3, -0.25) is 0 Å². The topological polar surface area (TPSA) is 54.4 Å². The number of aliphatic hydroxyl groups excluding tert-OH is 1. The van der Waals surface area contributed by atoms with Crippen molar-refractivity contribution in [2.24, 2.45) is 0 Å². The van der Waals surface area contributed by atoms with Crippen LogP contribution in [0.3, 0.4) is 0 Å². The van der Waals surface area contributed by atoms with Crippen LogP contribution in [0.25, 0.3) is 0 Å². The summed E-state index contributed by atoms with van der Waals surface area (Å²) in [5.41, 5.74) is 0. The standard InChI is InChI=1S/C15H31ClO3S/c1-2-3-4-5-6-7-8-9-10-11-12-20(18,19)14-15(16)13-17/h15,17H,2-14H2,1H3/t15-/m1/s1. The lowest BCUT2D eigenvalue weighted by Crippen LogP contribution is -2.21. The van der Waals surface area contributed by atoms with Crippen molar-refractivity contribution in [1.29, 1.82) is 0 Å².